The minimum atomic E-state index is -0.283. The van der Waals surface area contributed by atoms with Crippen LogP contribution in [-0.2, 0) is 20.8 Å². The van der Waals surface area contributed by atoms with Crippen LogP contribution in [-0.4, -0.2) is 30.7 Å². The van der Waals surface area contributed by atoms with Gasteiger partial charge in [0.1, 0.15) is 5.82 Å². The Morgan fingerprint density at radius 2 is 1.70 bits per heavy atom. The Morgan fingerprint density at radius 3 is 2.33 bits per heavy atom. The van der Waals surface area contributed by atoms with Crippen LogP contribution in [0.15, 0.2) is 53.7 Å². The van der Waals surface area contributed by atoms with Crippen LogP contribution in [0.2, 0.25) is 0 Å². The van der Waals surface area contributed by atoms with Gasteiger partial charge in [-0.1, -0.05) is 29.4 Å². The summed E-state index contributed by atoms with van der Waals surface area (Å²) in [6, 6.07) is 13.3. The highest BCUT2D eigenvalue weighted by Crippen LogP contribution is 2.10. The number of amides is 2. The number of carbonyl (C=O) groups excluding carboxylic acids is 2. The first-order valence-electron chi connectivity index (χ1n) is 8.50. The van der Waals surface area contributed by atoms with E-state index in [1.165, 1.54) is 19.1 Å². The zero-order valence-electron chi connectivity index (χ0n) is 15.3. The lowest BCUT2D eigenvalue weighted by molar-refractivity contribution is -0.125. The van der Waals surface area contributed by atoms with E-state index in [0.717, 1.165) is 11.1 Å². The number of nitrogens with one attached hydrogen (secondary N) is 2. The fraction of sp³-hybridized carbons (Fsp3) is 0.250. The summed E-state index contributed by atoms with van der Waals surface area (Å²) in [5, 5.41) is 9.33. The van der Waals surface area contributed by atoms with E-state index in [0.29, 0.717) is 24.4 Å². The Hall–Kier alpha value is -3.22. The van der Waals surface area contributed by atoms with E-state index in [9.17, 15) is 14.0 Å². The minimum absolute atomic E-state index is 0.137. The lowest BCUT2D eigenvalue weighted by Crippen LogP contribution is -2.29. The molecule has 0 aliphatic carbocycles. The quantitative estimate of drug-likeness (QED) is 0.553. The van der Waals surface area contributed by atoms with Gasteiger partial charge >= 0.3 is 0 Å². The zero-order valence-corrected chi connectivity index (χ0v) is 15.3. The molecular weight excluding hydrogens is 349 g/mol. The van der Waals surface area contributed by atoms with Crippen molar-refractivity contribution in [3.8, 4) is 0 Å². The van der Waals surface area contributed by atoms with Crippen molar-refractivity contribution in [1.29, 1.82) is 0 Å². The second-order valence-corrected chi connectivity index (χ2v) is 5.94. The summed E-state index contributed by atoms with van der Waals surface area (Å²) < 4.78 is 12.8. The smallest absolute Gasteiger partial charge is 0.260 e. The largest absolute Gasteiger partial charge is 0.385 e. The van der Waals surface area contributed by atoms with Crippen molar-refractivity contribution >= 4 is 23.2 Å². The van der Waals surface area contributed by atoms with Crippen LogP contribution < -0.4 is 10.6 Å². The van der Waals surface area contributed by atoms with E-state index in [4.69, 9.17) is 4.84 Å². The van der Waals surface area contributed by atoms with Crippen molar-refractivity contribution in [3.63, 3.8) is 0 Å². The molecule has 27 heavy (non-hydrogen) atoms. The first-order valence-corrected chi connectivity index (χ1v) is 8.50. The van der Waals surface area contributed by atoms with E-state index in [-0.39, 0.29) is 24.2 Å². The van der Waals surface area contributed by atoms with Crippen molar-refractivity contribution in [2.75, 3.05) is 18.5 Å². The topological polar surface area (TPSA) is 79.8 Å². The lowest BCUT2D eigenvalue weighted by Gasteiger charge is -2.06. The van der Waals surface area contributed by atoms with Gasteiger partial charge < -0.3 is 15.5 Å². The molecule has 6 nitrogen and oxygen atoms in total. The number of anilines is 1. The minimum Gasteiger partial charge on any atom is -0.385 e. The molecule has 2 aromatic rings. The first kappa shape index (κ1) is 20.1. The van der Waals surface area contributed by atoms with Gasteiger partial charge in [0.15, 0.2) is 6.61 Å². The fourth-order valence-electron chi connectivity index (χ4n) is 2.29. The van der Waals surface area contributed by atoms with Crippen LogP contribution in [0.5, 0.6) is 0 Å². The van der Waals surface area contributed by atoms with Gasteiger partial charge in [-0.15, -0.1) is 0 Å². The van der Waals surface area contributed by atoms with Crippen molar-refractivity contribution in [2.24, 2.45) is 5.16 Å². The molecule has 0 aliphatic heterocycles. The molecule has 142 valence electrons. The summed E-state index contributed by atoms with van der Waals surface area (Å²) >= 11 is 0. The predicted octanol–water partition coefficient (Wildman–Crippen LogP) is 2.88. The molecule has 0 saturated heterocycles. The fourth-order valence-corrected chi connectivity index (χ4v) is 2.29. The highest BCUT2D eigenvalue weighted by molar-refractivity contribution is 5.99. The Bertz CT molecular complexity index is 802. The molecule has 0 spiro atoms. The third kappa shape index (κ3) is 7.27. The Morgan fingerprint density at radius 1 is 1.04 bits per heavy atom. The molecule has 0 aliphatic rings. The Kier molecular flexibility index (Phi) is 7.49. The molecule has 0 fully saturated rings. The van der Waals surface area contributed by atoms with E-state index >= 15 is 0 Å². The predicted molar refractivity (Wildman–Crippen MR) is 102 cm³/mol. The molecule has 0 aromatic heterocycles. The molecule has 0 radical (unpaired) electrons. The number of halogens is 1. The van der Waals surface area contributed by atoms with Gasteiger partial charge in [0.2, 0.25) is 5.91 Å². The van der Waals surface area contributed by atoms with E-state index in [1.807, 2.05) is 0 Å². The first-order chi connectivity index (χ1) is 12.9. The summed E-state index contributed by atoms with van der Waals surface area (Å²) in [6.07, 6.45) is 0.606. The number of rotatable bonds is 8. The monoisotopic (exact) mass is 371 g/mol. The number of hydrogen-bond donors (Lipinski definition) is 2. The third-order valence-electron chi connectivity index (χ3n) is 3.67. The third-order valence-corrected chi connectivity index (χ3v) is 3.67. The van der Waals surface area contributed by atoms with Gasteiger partial charge in [0, 0.05) is 19.2 Å². The number of oxime groups is 1. The van der Waals surface area contributed by atoms with Crippen molar-refractivity contribution < 1.29 is 18.8 Å². The van der Waals surface area contributed by atoms with E-state index < -0.39 is 0 Å². The molecule has 2 aromatic carbocycles. The van der Waals surface area contributed by atoms with Gasteiger partial charge in [0.25, 0.3) is 5.91 Å². The van der Waals surface area contributed by atoms with Gasteiger partial charge in [-0.3, -0.25) is 9.59 Å². The normalized spacial score (nSPS) is 11.0. The van der Waals surface area contributed by atoms with Gasteiger partial charge in [-0.2, -0.15) is 0 Å². The van der Waals surface area contributed by atoms with E-state index in [2.05, 4.69) is 15.8 Å². The van der Waals surface area contributed by atoms with Crippen LogP contribution >= 0.6 is 0 Å². The molecule has 2 rings (SSSR count). The number of nitrogens with zero attached hydrogens (tertiary/aromatic N) is 1. The maximum absolute atomic E-state index is 12.8. The molecule has 0 unspecified atom stereocenters. The average molecular weight is 371 g/mol. The highest BCUT2D eigenvalue weighted by Gasteiger charge is 2.03. The maximum Gasteiger partial charge on any atom is 0.260 e. The maximum atomic E-state index is 12.8. The summed E-state index contributed by atoms with van der Waals surface area (Å²) in [7, 11) is 0. The molecule has 2 amide bonds. The lowest BCUT2D eigenvalue weighted by atomic mass is 10.1. The molecule has 0 bridgehead atoms. The summed E-state index contributed by atoms with van der Waals surface area (Å²) in [5.74, 6) is -0.703. The standard InChI is InChI=1S/C20H22FN3O3/c1-14(17-5-9-19(10-6-17)23-15(2)25)24-27-13-20(26)22-12-11-16-3-7-18(21)8-4-16/h3-10H,11-13H2,1-2H3,(H,22,26)(H,23,25)/b24-14+. The SMILES string of the molecule is CC(=O)Nc1ccc(/C(C)=N/OCC(=O)NCCc2ccc(F)cc2)cc1. The second-order valence-electron chi connectivity index (χ2n) is 5.94. The van der Waals surface area contributed by atoms with Gasteiger partial charge in [0.05, 0.1) is 5.71 Å². The molecular formula is C20H22FN3O3. The van der Waals surface area contributed by atoms with Crippen molar-refractivity contribution in [2.45, 2.75) is 20.3 Å². The van der Waals surface area contributed by atoms with Crippen LogP contribution in [0.3, 0.4) is 0 Å². The van der Waals surface area contributed by atoms with Crippen LogP contribution in [0.25, 0.3) is 0 Å². The van der Waals surface area contributed by atoms with Crippen LogP contribution in [0.1, 0.15) is 25.0 Å². The molecule has 0 atom stereocenters. The average Bonchev–Trinajstić information content (AvgIpc) is 2.63. The van der Waals surface area contributed by atoms with E-state index in [1.54, 1.807) is 43.3 Å². The van der Waals surface area contributed by atoms with Gasteiger partial charge in [-0.25, -0.2) is 4.39 Å². The molecule has 2 N–H and O–H groups in total. The summed E-state index contributed by atoms with van der Waals surface area (Å²) in [6.45, 7) is 3.45. The zero-order chi connectivity index (χ0) is 19.6. The second kappa shape index (κ2) is 10.1. The molecule has 7 heteroatoms. The molecule has 0 heterocycles. The number of hydrogen-bond acceptors (Lipinski definition) is 4. The number of carbonyl (C=O) groups is 2. The highest BCUT2D eigenvalue weighted by atomic mass is 19.1. The van der Waals surface area contributed by atoms with Crippen LogP contribution in [0, 0.1) is 5.82 Å². The van der Waals surface area contributed by atoms with Crippen molar-refractivity contribution in [1.82, 2.24) is 5.32 Å². The Labute approximate surface area is 157 Å². The van der Waals surface area contributed by atoms with Crippen molar-refractivity contribution in [3.05, 3.63) is 65.5 Å². The number of benzene rings is 2. The van der Waals surface area contributed by atoms with Gasteiger partial charge in [-0.05, 0) is 48.7 Å². The summed E-state index contributed by atoms with van der Waals surface area (Å²) in [5.41, 5.74) is 3.07. The summed E-state index contributed by atoms with van der Waals surface area (Å²) in [4.78, 5) is 27.8. The van der Waals surface area contributed by atoms with Crippen LogP contribution in [0.4, 0.5) is 10.1 Å². The Balaban J connectivity index is 1.72. The molecule has 0 saturated carbocycles.